The van der Waals surface area contributed by atoms with E-state index in [9.17, 15) is 31.1 Å². The lowest BCUT2D eigenvalue weighted by atomic mass is 10.1. The molecule has 0 heterocycles. The zero-order valence-corrected chi connectivity index (χ0v) is 8.91. The van der Waals surface area contributed by atoms with E-state index in [0.29, 0.717) is 12.1 Å². The smallest absolute Gasteiger partial charge is 0.326 e. The first-order chi connectivity index (χ1) is 8.00. The fourth-order valence-electron chi connectivity index (χ4n) is 1.23. The van der Waals surface area contributed by atoms with Crippen molar-refractivity contribution in [2.75, 3.05) is 5.32 Å². The van der Waals surface area contributed by atoms with Gasteiger partial charge in [0.2, 0.25) is 5.91 Å². The van der Waals surface area contributed by atoms with Gasteiger partial charge in [0.1, 0.15) is 0 Å². The Hall–Kier alpha value is -1.73. The van der Waals surface area contributed by atoms with Crippen LogP contribution in [0.1, 0.15) is 18.1 Å². The van der Waals surface area contributed by atoms with Crippen LogP contribution in [0.4, 0.5) is 32.0 Å². The number of halogens is 6. The number of hydrogen-bond acceptors (Lipinski definition) is 1. The van der Waals surface area contributed by atoms with Crippen molar-refractivity contribution in [3.8, 4) is 0 Å². The van der Waals surface area contributed by atoms with Crippen LogP contribution in [0.5, 0.6) is 0 Å². The second-order valence-electron chi connectivity index (χ2n) is 3.48. The highest BCUT2D eigenvalue weighted by Crippen LogP contribution is 2.37. The molecule has 18 heavy (non-hydrogen) atoms. The van der Waals surface area contributed by atoms with Crippen LogP contribution in [-0.4, -0.2) is 5.91 Å². The first-order valence-electron chi connectivity index (χ1n) is 4.57. The van der Waals surface area contributed by atoms with Crippen LogP contribution in [0.2, 0.25) is 0 Å². The van der Waals surface area contributed by atoms with Crippen molar-refractivity contribution in [1.82, 2.24) is 0 Å². The highest BCUT2D eigenvalue weighted by atomic mass is 19.4. The maximum absolute atomic E-state index is 12.4. The van der Waals surface area contributed by atoms with E-state index in [2.05, 4.69) is 0 Å². The highest BCUT2D eigenvalue weighted by molar-refractivity contribution is 5.88. The molecule has 0 saturated carbocycles. The maximum atomic E-state index is 12.4. The monoisotopic (exact) mass is 271 g/mol. The van der Waals surface area contributed by atoms with Crippen LogP contribution in [0, 0.1) is 0 Å². The van der Waals surface area contributed by atoms with Gasteiger partial charge in [-0.3, -0.25) is 4.79 Å². The average Bonchev–Trinajstić information content (AvgIpc) is 2.13. The molecule has 1 rings (SSSR count). The van der Waals surface area contributed by atoms with Gasteiger partial charge in [-0.1, -0.05) is 0 Å². The van der Waals surface area contributed by atoms with Crippen molar-refractivity contribution < 1.29 is 31.1 Å². The fraction of sp³-hybridized carbons (Fsp3) is 0.300. The van der Waals surface area contributed by atoms with Crippen molar-refractivity contribution in [1.29, 1.82) is 0 Å². The Balaban J connectivity index is 3.34. The Morgan fingerprint density at radius 3 is 1.61 bits per heavy atom. The molecule has 8 heteroatoms. The summed E-state index contributed by atoms with van der Waals surface area (Å²) in [5.74, 6) is -0.762. The van der Waals surface area contributed by atoms with Gasteiger partial charge in [-0.15, -0.1) is 0 Å². The summed E-state index contributed by atoms with van der Waals surface area (Å²) in [7, 11) is 0. The van der Waals surface area contributed by atoms with Gasteiger partial charge in [0, 0.05) is 12.6 Å². The van der Waals surface area contributed by atoms with Gasteiger partial charge in [0.25, 0.3) is 0 Å². The molecule has 100 valence electrons. The van der Waals surface area contributed by atoms with Gasteiger partial charge < -0.3 is 5.32 Å². The molecule has 0 atom stereocenters. The van der Waals surface area contributed by atoms with Crippen LogP contribution in [0.25, 0.3) is 0 Å². The van der Waals surface area contributed by atoms with E-state index in [1.54, 1.807) is 0 Å². The van der Waals surface area contributed by atoms with Crippen molar-refractivity contribution in [2.24, 2.45) is 0 Å². The zero-order valence-electron chi connectivity index (χ0n) is 8.91. The van der Waals surface area contributed by atoms with Crippen LogP contribution in [-0.2, 0) is 17.1 Å². The minimum Gasteiger partial charge on any atom is -0.326 e. The third-order valence-corrected chi connectivity index (χ3v) is 1.91. The Morgan fingerprint density at radius 2 is 1.33 bits per heavy atom. The predicted octanol–water partition coefficient (Wildman–Crippen LogP) is 3.68. The summed E-state index contributed by atoms with van der Waals surface area (Å²) in [6.45, 7) is 0.980. The molecule has 1 N–H and O–H groups in total. The minimum atomic E-state index is -4.92. The van der Waals surface area contributed by atoms with E-state index in [-0.39, 0.29) is 6.07 Å². The number of nitrogens with one attached hydrogen (secondary N) is 1. The lowest BCUT2D eigenvalue weighted by Crippen LogP contribution is -2.13. The molecule has 1 amide bonds. The van der Waals surface area contributed by atoms with Crippen LogP contribution >= 0.6 is 0 Å². The Kier molecular flexibility index (Phi) is 3.59. The molecular weight excluding hydrogens is 264 g/mol. The highest BCUT2D eigenvalue weighted by Gasteiger charge is 2.36. The summed E-state index contributed by atoms with van der Waals surface area (Å²) in [4.78, 5) is 10.7. The number of anilines is 1. The third-order valence-electron chi connectivity index (χ3n) is 1.91. The molecule has 1 aromatic rings. The molecule has 0 spiro atoms. The summed E-state index contributed by atoms with van der Waals surface area (Å²) in [6.07, 6.45) is -9.84. The summed E-state index contributed by atoms with van der Waals surface area (Å²) in [6, 6.07) is 0.874. The number of carbonyl (C=O) groups excluding carboxylic acids is 1. The zero-order chi connectivity index (χ0) is 14.1. The largest absolute Gasteiger partial charge is 0.416 e. The fourth-order valence-corrected chi connectivity index (χ4v) is 1.23. The summed E-state index contributed by atoms with van der Waals surface area (Å²) < 4.78 is 74.4. The molecule has 0 aliphatic heterocycles. The first kappa shape index (κ1) is 14.3. The summed E-state index contributed by atoms with van der Waals surface area (Å²) >= 11 is 0. The molecule has 2 nitrogen and oxygen atoms in total. The van der Waals surface area contributed by atoms with Crippen molar-refractivity contribution >= 4 is 11.6 Å². The van der Waals surface area contributed by atoms with Crippen molar-refractivity contribution in [2.45, 2.75) is 19.3 Å². The van der Waals surface area contributed by atoms with Gasteiger partial charge in [-0.05, 0) is 18.2 Å². The minimum absolute atomic E-state index is 0.00861. The SMILES string of the molecule is CC(=O)Nc1cc(C(F)(F)F)cc(C(F)(F)F)c1. The molecule has 0 aliphatic carbocycles. The van der Waals surface area contributed by atoms with Gasteiger partial charge in [0.05, 0.1) is 11.1 Å². The predicted molar refractivity (Wildman–Crippen MR) is 50.7 cm³/mol. The molecule has 0 unspecified atom stereocenters. The van der Waals surface area contributed by atoms with E-state index in [1.165, 1.54) is 0 Å². The van der Waals surface area contributed by atoms with Gasteiger partial charge in [-0.2, -0.15) is 26.3 Å². The van der Waals surface area contributed by atoms with E-state index in [0.717, 1.165) is 6.92 Å². The third kappa shape index (κ3) is 3.64. The Labute approximate surface area is 97.6 Å². The van der Waals surface area contributed by atoms with Gasteiger partial charge >= 0.3 is 12.4 Å². The molecule has 0 bridgehead atoms. The maximum Gasteiger partial charge on any atom is 0.416 e. The van der Waals surface area contributed by atoms with Crippen LogP contribution in [0.3, 0.4) is 0 Å². The number of hydrogen-bond donors (Lipinski definition) is 1. The van der Waals surface area contributed by atoms with Gasteiger partial charge in [0.15, 0.2) is 0 Å². The van der Waals surface area contributed by atoms with E-state index in [4.69, 9.17) is 0 Å². The normalized spacial score (nSPS) is 12.4. The topological polar surface area (TPSA) is 29.1 Å². The Morgan fingerprint density at radius 1 is 0.944 bits per heavy atom. The summed E-state index contributed by atoms with van der Waals surface area (Å²) in [5, 5.41) is 1.89. The van der Waals surface area contributed by atoms with E-state index < -0.39 is 35.1 Å². The first-order valence-corrected chi connectivity index (χ1v) is 4.57. The number of amides is 1. The molecule has 0 aliphatic rings. The number of carbonyl (C=O) groups is 1. The van der Waals surface area contributed by atoms with Crippen LogP contribution in [0.15, 0.2) is 18.2 Å². The molecule has 1 aromatic carbocycles. The molecule has 0 fully saturated rings. The second-order valence-corrected chi connectivity index (χ2v) is 3.48. The van der Waals surface area contributed by atoms with Crippen molar-refractivity contribution in [3.63, 3.8) is 0 Å². The van der Waals surface area contributed by atoms with E-state index in [1.807, 2.05) is 5.32 Å². The second kappa shape index (κ2) is 4.51. The molecular formula is C10H7F6NO. The molecule has 0 saturated heterocycles. The average molecular weight is 271 g/mol. The number of benzene rings is 1. The lowest BCUT2D eigenvalue weighted by Gasteiger charge is -2.14. The molecule has 0 aromatic heterocycles. The van der Waals surface area contributed by atoms with Crippen LogP contribution < -0.4 is 5.32 Å². The summed E-state index contributed by atoms with van der Waals surface area (Å²) in [5.41, 5.74) is -3.49. The molecule has 0 radical (unpaired) electrons. The van der Waals surface area contributed by atoms with Crippen molar-refractivity contribution in [3.05, 3.63) is 29.3 Å². The van der Waals surface area contributed by atoms with Gasteiger partial charge in [-0.25, -0.2) is 0 Å². The number of rotatable bonds is 1. The lowest BCUT2D eigenvalue weighted by molar-refractivity contribution is -0.143. The Bertz CT molecular complexity index is 430. The number of alkyl halides is 6. The quantitative estimate of drug-likeness (QED) is 0.775. The standard InChI is InChI=1S/C10H7F6NO/c1-5(18)17-8-3-6(9(11,12)13)2-7(4-8)10(14,15)16/h2-4H,1H3,(H,17,18). The van der Waals surface area contributed by atoms with E-state index >= 15 is 0 Å².